The van der Waals surface area contributed by atoms with Crippen LogP contribution in [0.1, 0.15) is 23.1 Å². The third kappa shape index (κ3) is 2.83. The standard InChI is InChI=1S/C17H16ClNOS/c18-12-7-5-11(6-8-12)14(9-19)17(20)15-10-21-16-4-2-1-3-13(15)16/h1-8,10,14,17,20H,9,19H2. The van der Waals surface area contributed by atoms with Gasteiger partial charge in [0.15, 0.2) is 0 Å². The zero-order valence-electron chi connectivity index (χ0n) is 11.4. The molecule has 0 aliphatic heterocycles. The molecule has 1 heterocycles. The molecule has 3 rings (SSSR count). The van der Waals surface area contributed by atoms with Crippen molar-refractivity contribution in [3.63, 3.8) is 0 Å². The van der Waals surface area contributed by atoms with Crippen LogP contribution in [0.2, 0.25) is 5.02 Å². The smallest absolute Gasteiger partial charge is 0.0884 e. The minimum absolute atomic E-state index is 0.139. The molecule has 2 aromatic carbocycles. The number of benzene rings is 2. The average molecular weight is 318 g/mol. The lowest BCUT2D eigenvalue weighted by molar-refractivity contribution is 0.149. The molecular weight excluding hydrogens is 302 g/mol. The van der Waals surface area contributed by atoms with Gasteiger partial charge in [-0.25, -0.2) is 0 Å². The molecule has 0 fully saturated rings. The fraction of sp³-hybridized carbons (Fsp3) is 0.176. The van der Waals surface area contributed by atoms with Crippen molar-refractivity contribution in [3.8, 4) is 0 Å². The van der Waals surface area contributed by atoms with E-state index in [2.05, 4.69) is 6.07 Å². The third-order valence-corrected chi connectivity index (χ3v) is 5.00. The predicted molar refractivity (Wildman–Crippen MR) is 90.0 cm³/mol. The lowest BCUT2D eigenvalue weighted by Crippen LogP contribution is -2.20. The molecule has 0 aliphatic carbocycles. The molecule has 0 amide bonds. The summed E-state index contributed by atoms with van der Waals surface area (Å²) in [6.07, 6.45) is -0.618. The maximum atomic E-state index is 10.8. The molecular formula is C17H16ClNOS. The Morgan fingerprint density at radius 1 is 1.10 bits per heavy atom. The Morgan fingerprint density at radius 2 is 1.81 bits per heavy atom. The minimum atomic E-state index is -0.618. The van der Waals surface area contributed by atoms with Gasteiger partial charge in [-0.2, -0.15) is 0 Å². The van der Waals surface area contributed by atoms with Gasteiger partial charge in [-0.3, -0.25) is 0 Å². The van der Waals surface area contributed by atoms with Crippen LogP contribution in [-0.2, 0) is 0 Å². The number of halogens is 1. The quantitative estimate of drug-likeness (QED) is 0.752. The van der Waals surface area contributed by atoms with Gasteiger partial charge in [-0.05, 0) is 40.1 Å². The van der Waals surface area contributed by atoms with E-state index in [1.54, 1.807) is 11.3 Å². The van der Waals surface area contributed by atoms with Gasteiger partial charge in [-0.15, -0.1) is 11.3 Å². The second-order valence-corrected chi connectivity index (χ2v) is 6.37. The van der Waals surface area contributed by atoms with E-state index in [9.17, 15) is 5.11 Å². The van der Waals surface area contributed by atoms with Gasteiger partial charge >= 0.3 is 0 Å². The van der Waals surface area contributed by atoms with Crippen molar-refractivity contribution in [1.29, 1.82) is 0 Å². The van der Waals surface area contributed by atoms with Gasteiger partial charge < -0.3 is 10.8 Å². The van der Waals surface area contributed by atoms with E-state index < -0.39 is 6.10 Å². The highest BCUT2D eigenvalue weighted by Gasteiger charge is 2.23. The van der Waals surface area contributed by atoms with E-state index in [1.807, 2.05) is 47.8 Å². The van der Waals surface area contributed by atoms with E-state index in [4.69, 9.17) is 17.3 Å². The van der Waals surface area contributed by atoms with Gasteiger partial charge in [0, 0.05) is 22.2 Å². The number of thiophene rings is 1. The summed E-state index contributed by atoms with van der Waals surface area (Å²) in [7, 11) is 0. The van der Waals surface area contributed by atoms with E-state index >= 15 is 0 Å². The summed E-state index contributed by atoms with van der Waals surface area (Å²) in [5.41, 5.74) is 7.85. The molecule has 3 aromatic rings. The maximum absolute atomic E-state index is 10.8. The molecule has 0 spiro atoms. The van der Waals surface area contributed by atoms with Crippen LogP contribution in [0.15, 0.2) is 53.9 Å². The van der Waals surface area contributed by atoms with Crippen molar-refractivity contribution in [1.82, 2.24) is 0 Å². The Labute approximate surface area is 132 Å². The molecule has 2 atom stereocenters. The van der Waals surface area contributed by atoms with Crippen molar-refractivity contribution in [2.75, 3.05) is 6.54 Å². The number of hydrogen-bond donors (Lipinski definition) is 2. The van der Waals surface area contributed by atoms with Crippen molar-refractivity contribution < 1.29 is 5.11 Å². The first kappa shape index (κ1) is 14.5. The molecule has 108 valence electrons. The van der Waals surface area contributed by atoms with Crippen LogP contribution < -0.4 is 5.73 Å². The topological polar surface area (TPSA) is 46.2 Å². The molecule has 2 nitrogen and oxygen atoms in total. The molecule has 0 aliphatic rings. The largest absolute Gasteiger partial charge is 0.388 e. The zero-order chi connectivity index (χ0) is 14.8. The fourth-order valence-corrected chi connectivity index (χ4v) is 3.72. The maximum Gasteiger partial charge on any atom is 0.0884 e. The zero-order valence-corrected chi connectivity index (χ0v) is 12.9. The SMILES string of the molecule is NCC(c1ccc(Cl)cc1)C(O)c1csc2ccccc12. The molecule has 0 bridgehead atoms. The van der Waals surface area contributed by atoms with Crippen LogP contribution >= 0.6 is 22.9 Å². The van der Waals surface area contributed by atoms with E-state index in [0.717, 1.165) is 16.5 Å². The Bertz CT molecular complexity index is 738. The number of aliphatic hydroxyl groups excluding tert-OH is 1. The van der Waals surface area contributed by atoms with Crippen molar-refractivity contribution in [2.45, 2.75) is 12.0 Å². The van der Waals surface area contributed by atoms with Crippen LogP contribution in [0.25, 0.3) is 10.1 Å². The number of nitrogens with two attached hydrogens (primary N) is 1. The van der Waals surface area contributed by atoms with E-state index in [0.29, 0.717) is 11.6 Å². The lowest BCUT2D eigenvalue weighted by atomic mass is 9.89. The van der Waals surface area contributed by atoms with Crippen LogP contribution in [0.5, 0.6) is 0 Å². The highest BCUT2D eigenvalue weighted by atomic mass is 35.5. The Morgan fingerprint density at radius 3 is 2.52 bits per heavy atom. The first-order chi connectivity index (χ1) is 10.2. The molecule has 1 aromatic heterocycles. The fourth-order valence-electron chi connectivity index (χ4n) is 2.60. The van der Waals surface area contributed by atoms with Crippen LogP contribution in [-0.4, -0.2) is 11.7 Å². The average Bonchev–Trinajstić information content (AvgIpc) is 2.94. The normalized spacial score (nSPS) is 14.2. The number of fused-ring (bicyclic) bond motifs is 1. The van der Waals surface area contributed by atoms with E-state index in [1.165, 1.54) is 4.70 Å². The first-order valence-electron chi connectivity index (χ1n) is 6.80. The number of hydrogen-bond acceptors (Lipinski definition) is 3. The van der Waals surface area contributed by atoms with Gasteiger partial charge in [0.2, 0.25) is 0 Å². The molecule has 0 radical (unpaired) electrons. The van der Waals surface area contributed by atoms with Crippen LogP contribution in [0.3, 0.4) is 0 Å². The first-order valence-corrected chi connectivity index (χ1v) is 8.06. The van der Waals surface area contributed by atoms with Crippen molar-refractivity contribution >= 4 is 33.0 Å². The second kappa shape index (κ2) is 6.16. The summed E-state index contributed by atoms with van der Waals surface area (Å²) in [4.78, 5) is 0. The van der Waals surface area contributed by atoms with Crippen molar-refractivity contribution in [2.24, 2.45) is 5.73 Å². The van der Waals surface area contributed by atoms with Crippen molar-refractivity contribution in [3.05, 3.63) is 70.1 Å². The second-order valence-electron chi connectivity index (χ2n) is 5.03. The molecule has 0 saturated heterocycles. The monoisotopic (exact) mass is 317 g/mol. The highest BCUT2D eigenvalue weighted by molar-refractivity contribution is 7.17. The summed E-state index contributed by atoms with van der Waals surface area (Å²) in [5.74, 6) is -0.139. The van der Waals surface area contributed by atoms with Gasteiger partial charge in [0.25, 0.3) is 0 Å². The summed E-state index contributed by atoms with van der Waals surface area (Å²) in [6, 6.07) is 15.6. The summed E-state index contributed by atoms with van der Waals surface area (Å²) in [6.45, 7) is 0.382. The Balaban J connectivity index is 1.98. The molecule has 0 saturated carbocycles. The number of aliphatic hydroxyl groups is 1. The number of rotatable bonds is 4. The molecule has 3 N–H and O–H groups in total. The highest BCUT2D eigenvalue weighted by Crippen LogP contribution is 2.37. The van der Waals surface area contributed by atoms with Crippen LogP contribution in [0.4, 0.5) is 0 Å². The van der Waals surface area contributed by atoms with Crippen LogP contribution in [0, 0.1) is 0 Å². The Kier molecular flexibility index (Phi) is 4.27. The predicted octanol–water partition coefficient (Wildman–Crippen LogP) is 4.33. The van der Waals surface area contributed by atoms with Gasteiger partial charge in [-0.1, -0.05) is 41.9 Å². The summed E-state index contributed by atoms with van der Waals surface area (Å²) >= 11 is 7.57. The minimum Gasteiger partial charge on any atom is -0.388 e. The third-order valence-electron chi connectivity index (χ3n) is 3.76. The van der Waals surface area contributed by atoms with E-state index in [-0.39, 0.29) is 5.92 Å². The lowest BCUT2D eigenvalue weighted by Gasteiger charge is -2.22. The molecule has 4 heteroatoms. The van der Waals surface area contributed by atoms with Gasteiger partial charge in [0.05, 0.1) is 6.10 Å². The Hall–Kier alpha value is -1.39. The molecule has 2 unspecified atom stereocenters. The summed E-state index contributed by atoms with van der Waals surface area (Å²) < 4.78 is 1.18. The van der Waals surface area contributed by atoms with Gasteiger partial charge in [0.1, 0.15) is 0 Å². The summed E-state index contributed by atoms with van der Waals surface area (Å²) in [5, 5.41) is 14.6. The molecule has 21 heavy (non-hydrogen) atoms.